The Hall–Kier alpha value is -2.90. The molecule has 0 spiro atoms. The minimum absolute atomic E-state index is 0.0570. The summed E-state index contributed by atoms with van der Waals surface area (Å²) in [6.45, 7) is 0.335. The van der Waals surface area contributed by atoms with Crippen molar-refractivity contribution in [2.45, 2.75) is 25.0 Å². The Morgan fingerprint density at radius 1 is 1.27 bits per heavy atom. The van der Waals surface area contributed by atoms with Gasteiger partial charge in [0.1, 0.15) is 12.3 Å². The van der Waals surface area contributed by atoms with Gasteiger partial charge in [-0.15, -0.1) is 0 Å². The second-order valence-electron chi connectivity index (χ2n) is 6.40. The van der Waals surface area contributed by atoms with Crippen LogP contribution >= 0.6 is 0 Å². The van der Waals surface area contributed by atoms with E-state index in [1.165, 1.54) is 0 Å². The third-order valence-corrected chi connectivity index (χ3v) is 4.58. The largest absolute Gasteiger partial charge is 0.444 e. The third-order valence-electron chi connectivity index (χ3n) is 4.58. The second kappa shape index (κ2) is 7.15. The van der Waals surface area contributed by atoms with Gasteiger partial charge in [-0.25, -0.2) is 15.8 Å². The number of oxazole rings is 1. The standard InChI is InChI=1S/C19H21N5O2/c1-24-9-5-8-17(24)15-10-16(23-22-15)18(25)20-11-14-12-26-19(21-14)13-6-3-2-4-7-13/h2-9,12,15-16,22-23H,10-11H2,1H3,(H,20,25). The lowest BCUT2D eigenvalue weighted by atomic mass is 10.1. The van der Waals surface area contributed by atoms with Crippen molar-refractivity contribution >= 4 is 5.91 Å². The molecule has 3 heterocycles. The van der Waals surface area contributed by atoms with E-state index in [-0.39, 0.29) is 18.0 Å². The Bertz CT molecular complexity index is 886. The molecule has 2 aromatic heterocycles. The minimum atomic E-state index is -0.282. The molecule has 1 saturated heterocycles. The molecule has 1 fully saturated rings. The van der Waals surface area contributed by atoms with Crippen LogP contribution in [-0.2, 0) is 18.4 Å². The van der Waals surface area contributed by atoms with E-state index < -0.39 is 0 Å². The van der Waals surface area contributed by atoms with E-state index in [1.807, 2.05) is 49.6 Å². The topological polar surface area (TPSA) is 84.1 Å². The van der Waals surface area contributed by atoms with Crippen molar-refractivity contribution in [2.24, 2.45) is 7.05 Å². The van der Waals surface area contributed by atoms with Crippen molar-refractivity contribution in [1.82, 2.24) is 25.7 Å². The lowest BCUT2D eigenvalue weighted by molar-refractivity contribution is -0.123. The van der Waals surface area contributed by atoms with Crippen LogP contribution in [0.1, 0.15) is 23.9 Å². The fourth-order valence-corrected chi connectivity index (χ4v) is 3.16. The smallest absolute Gasteiger partial charge is 0.238 e. The van der Waals surface area contributed by atoms with Gasteiger partial charge in [-0.05, 0) is 30.7 Å². The first-order chi connectivity index (χ1) is 12.7. The summed E-state index contributed by atoms with van der Waals surface area (Å²) < 4.78 is 7.55. The molecular weight excluding hydrogens is 330 g/mol. The van der Waals surface area contributed by atoms with Crippen molar-refractivity contribution in [3.8, 4) is 11.5 Å². The number of amides is 1. The number of aromatic nitrogens is 2. The zero-order chi connectivity index (χ0) is 17.9. The number of carbonyl (C=O) groups is 1. The SMILES string of the molecule is Cn1cccc1C1CC(C(=O)NCc2coc(-c3ccccc3)n2)NN1. The first kappa shape index (κ1) is 16.6. The molecule has 1 aromatic carbocycles. The summed E-state index contributed by atoms with van der Waals surface area (Å²) in [5.41, 5.74) is 9.02. The van der Waals surface area contributed by atoms with Crippen molar-refractivity contribution in [2.75, 3.05) is 0 Å². The van der Waals surface area contributed by atoms with Crippen LogP contribution in [0, 0.1) is 0 Å². The van der Waals surface area contributed by atoms with Crippen LogP contribution in [0.25, 0.3) is 11.5 Å². The summed E-state index contributed by atoms with van der Waals surface area (Å²) in [6.07, 6.45) is 4.27. The molecule has 1 amide bonds. The van der Waals surface area contributed by atoms with E-state index >= 15 is 0 Å². The van der Waals surface area contributed by atoms with Crippen LogP contribution < -0.4 is 16.2 Å². The molecule has 1 aliphatic rings. The number of aryl methyl sites for hydroxylation is 1. The van der Waals surface area contributed by atoms with Crippen LogP contribution in [0.3, 0.4) is 0 Å². The first-order valence-electron chi connectivity index (χ1n) is 8.60. The average molecular weight is 351 g/mol. The maximum absolute atomic E-state index is 12.4. The molecule has 2 atom stereocenters. The highest BCUT2D eigenvalue weighted by Crippen LogP contribution is 2.22. The van der Waals surface area contributed by atoms with E-state index in [4.69, 9.17) is 4.42 Å². The van der Waals surface area contributed by atoms with Gasteiger partial charge < -0.3 is 14.3 Å². The monoisotopic (exact) mass is 351 g/mol. The van der Waals surface area contributed by atoms with Gasteiger partial charge in [0.15, 0.2) is 0 Å². The molecule has 4 rings (SSSR count). The second-order valence-corrected chi connectivity index (χ2v) is 6.40. The molecular formula is C19H21N5O2. The van der Waals surface area contributed by atoms with Gasteiger partial charge in [0.25, 0.3) is 0 Å². The fraction of sp³-hybridized carbons (Fsp3) is 0.263. The third kappa shape index (κ3) is 3.40. The first-order valence-corrected chi connectivity index (χ1v) is 8.60. The fourth-order valence-electron chi connectivity index (χ4n) is 3.16. The highest BCUT2D eigenvalue weighted by molar-refractivity contribution is 5.82. The van der Waals surface area contributed by atoms with Crippen LogP contribution in [-0.4, -0.2) is 21.5 Å². The van der Waals surface area contributed by atoms with Gasteiger partial charge in [0.2, 0.25) is 11.8 Å². The normalized spacial score (nSPS) is 19.6. The number of benzene rings is 1. The van der Waals surface area contributed by atoms with E-state index in [0.717, 1.165) is 11.3 Å². The number of hydrazine groups is 1. The average Bonchev–Trinajstić information content (AvgIpc) is 3.41. The quantitative estimate of drug-likeness (QED) is 0.654. The van der Waals surface area contributed by atoms with Crippen molar-refractivity contribution in [3.05, 3.63) is 66.3 Å². The van der Waals surface area contributed by atoms with Gasteiger partial charge in [-0.2, -0.15) is 0 Å². The Kier molecular flexibility index (Phi) is 4.55. The van der Waals surface area contributed by atoms with Crippen LogP contribution in [0.5, 0.6) is 0 Å². The Morgan fingerprint density at radius 2 is 2.12 bits per heavy atom. The maximum Gasteiger partial charge on any atom is 0.238 e. The molecule has 134 valence electrons. The molecule has 0 bridgehead atoms. The highest BCUT2D eigenvalue weighted by atomic mass is 16.3. The predicted octanol–water partition coefficient (Wildman–Crippen LogP) is 1.90. The molecule has 2 unspecified atom stereocenters. The van der Waals surface area contributed by atoms with Crippen molar-refractivity contribution in [3.63, 3.8) is 0 Å². The van der Waals surface area contributed by atoms with Gasteiger partial charge in [0.05, 0.1) is 18.3 Å². The lowest BCUT2D eigenvalue weighted by Crippen LogP contribution is -2.42. The maximum atomic E-state index is 12.4. The summed E-state index contributed by atoms with van der Waals surface area (Å²) in [7, 11) is 2.00. The molecule has 26 heavy (non-hydrogen) atoms. The van der Waals surface area contributed by atoms with Crippen LogP contribution in [0.4, 0.5) is 0 Å². The van der Waals surface area contributed by atoms with E-state index in [0.29, 0.717) is 24.6 Å². The lowest BCUT2D eigenvalue weighted by Gasteiger charge is -2.10. The summed E-state index contributed by atoms with van der Waals surface area (Å²) in [4.78, 5) is 16.8. The van der Waals surface area contributed by atoms with Gasteiger partial charge in [-0.3, -0.25) is 4.79 Å². The Labute approximate surface area is 151 Å². The highest BCUT2D eigenvalue weighted by Gasteiger charge is 2.31. The zero-order valence-corrected chi connectivity index (χ0v) is 14.5. The molecule has 7 nitrogen and oxygen atoms in total. The van der Waals surface area contributed by atoms with Crippen molar-refractivity contribution < 1.29 is 9.21 Å². The Balaban J connectivity index is 1.32. The molecule has 7 heteroatoms. The number of carbonyl (C=O) groups excluding carboxylic acids is 1. The molecule has 0 saturated carbocycles. The van der Waals surface area contributed by atoms with E-state index in [9.17, 15) is 4.79 Å². The van der Waals surface area contributed by atoms with E-state index in [2.05, 4.69) is 31.8 Å². The van der Waals surface area contributed by atoms with E-state index in [1.54, 1.807) is 6.26 Å². The van der Waals surface area contributed by atoms with Gasteiger partial charge in [0, 0.05) is 24.5 Å². The number of nitrogens with zero attached hydrogens (tertiary/aromatic N) is 2. The predicted molar refractivity (Wildman–Crippen MR) is 96.6 cm³/mol. The summed E-state index contributed by atoms with van der Waals surface area (Å²) >= 11 is 0. The summed E-state index contributed by atoms with van der Waals surface area (Å²) in [5.74, 6) is 0.498. The van der Waals surface area contributed by atoms with Gasteiger partial charge in [-0.1, -0.05) is 18.2 Å². The summed E-state index contributed by atoms with van der Waals surface area (Å²) in [6, 6.07) is 13.6. The zero-order valence-electron chi connectivity index (χ0n) is 14.5. The number of hydrogen-bond acceptors (Lipinski definition) is 5. The van der Waals surface area contributed by atoms with Crippen LogP contribution in [0.15, 0.2) is 59.3 Å². The molecule has 3 N–H and O–H groups in total. The molecule has 0 radical (unpaired) electrons. The number of rotatable bonds is 5. The van der Waals surface area contributed by atoms with Gasteiger partial charge >= 0.3 is 0 Å². The number of hydrogen-bond donors (Lipinski definition) is 3. The molecule has 0 aliphatic carbocycles. The van der Waals surface area contributed by atoms with Crippen LogP contribution in [0.2, 0.25) is 0 Å². The Morgan fingerprint density at radius 3 is 2.88 bits per heavy atom. The summed E-state index contributed by atoms with van der Waals surface area (Å²) in [5, 5.41) is 2.92. The molecule has 1 aliphatic heterocycles. The minimum Gasteiger partial charge on any atom is -0.444 e. The molecule has 3 aromatic rings. The van der Waals surface area contributed by atoms with Crippen molar-refractivity contribution in [1.29, 1.82) is 0 Å². The number of nitrogens with one attached hydrogen (secondary N) is 3.